The van der Waals surface area contributed by atoms with Gasteiger partial charge in [-0.15, -0.1) is 0 Å². The van der Waals surface area contributed by atoms with Crippen LogP contribution in [0.4, 0.5) is 5.69 Å². The molecule has 0 radical (unpaired) electrons. The van der Waals surface area contributed by atoms with Crippen molar-refractivity contribution in [2.45, 2.75) is 18.2 Å². The molecule has 0 aliphatic heterocycles. The Morgan fingerprint density at radius 1 is 1.03 bits per heavy atom. The van der Waals surface area contributed by atoms with E-state index in [1.54, 1.807) is 25.1 Å². The third kappa shape index (κ3) is 5.26. The molecule has 1 N–H and O–H groups in total. The summed E-state index contributed by atoms with van der Waals surface area (Å²) in [6.45, 7) is 1.72. The second kappa shape index (κ2) is 9.53. The van der Waals surface area contributed by atoms with Gasteiger partial charge < -0.3 is 9.47 Å². The number of sulfonamides is 1. The lowest BCUT2D eigenvalue weighted by atomic mass is 10.0. The number of hydrogen-bond acceptors (Lipinski definition) is 5. The van der Waals surface area contributed by atoms with Gasteiger partial charge in [0, 0.05) is 4.47 Å². The Morgan fingerprint density at radius 3 is 2.39 bits per heavy atom. The van der Waals surface area contributed by atoms with Crippen LogP contribution in [0, 0.1) is 6.92 Å². The maximum Gasteiger partial charge on any atom is 0.340 e. The molecule has 6 nitrogen and oxygen atoms in total. The molecule has 31 heavy (non-hydrogen) atoms. The van der Waals surface area contributed by atoms with Gasteiger partial charge in [0.15, 0.2) is 0 Å². The minimum absolute atomic E-state index is 0.107. The van der Waals surface area contributed by atoms with Crippen molar-refractivity contribution < 1.29 is 22.7 Å². The zero-order valence-electron chi connectivity index (χ0n) is 17.3. The SMILES string of the molecule is COC(=O)c1cc(Br)cc(C)c1NS(=O)(=O)c1ccc(OC)cc1Cc1ccccc1. The van der Waals surface area contributed by atoms with E-state index in [2.05, 4.69) is 20.7 Å². The van der Waals surface area contributed by atoms with Crippen molar-refractivity contribution in [2.24, 2.45) is 0 Å². The first kappa shape index (κ1) is 22.8. The standard InChI is InChI=1S/C23H22BrNO5S/c1-15-11-18(24)14-20(23(26)30-3)22(15)25-31(27,28)21-10-9-19(29-2)13-17(21)12-16-7-5-4-6-8-16/h4-11,13-14,25H,12H2,1-3H3. The topological polar surface area (TPSA) is 81.7 Å². The van der Waals surface area contributed by atoms with Crippen LogP contribution >= 0.6 is 15.9 Å². The maximum atomic E-state index is 13.4. The molecule has 0 fully saturated rings. The van der Waals surface area contributed by atoms with E-state index in [-0.39, 0.29) is 16.1 Å². The molecule has 3 aromatic rings. The Bertz CT molecular complexity index is 1210. The molecule has 0 saturated carbocycles. The van der Waals surface area contributed by atoms with E-state index >= 15 is 0 Å². The van der Waals surface area contributed by atoms with Gasteiger partial charge >= 0.3 is 5.97 Å². The van der Waals surface area contributed by atoms with Crippen LogP contribution in [-0.2, 0) is 21.2 Å². The lowest BCUT2D eigenvalue weighted by Crippen LogP contribution is -2.19. The quantitative estimate of drug-likeness (QED) is 0.461. The monoisotopic (exact) mass is 503 g/mol. The van der Waals surface area contributed by atoms with Crippen LogP contribution in [0.25, 0.3) is 0 Å². The highest BCUT2D eigenvalue weighted by Crippen LogP contribution is 2.31. The number of benzene rings is 3. The first-order chi connectivity index (χ1) is 14.7. The van der Waals surface area contributed by atoms with E-state index in [9.17, 15) is 13.2 Å². The third-order valence-corrected chi connectivity index (χ3v) is 6.64. The fraction of sp³-hybridized carbons (Fsp3) is 0.174. The molecule has 8 heteroatoms. The van der Waals surface area contributed by atoms with Crippen LogP contribution in [0.1, 0.15) is 27.0 Å². The number of anilines is 1. The first-order valence-electron chi connectivity index (χ1n) is 9.37. The number of hydrogen-bond donors (Lipinski definition) is 1. The smallest absolute Gasteiger partial charge is 0.340 e. The van der Waals surface area contributed by atoms with Gasteiger partial charge in [-0.05, 0) is 60.4 Å². The molecule has 0 spiro atoms. The van der Waals surface area contributed by atoms with Crippen LogP contribution < -0.4 is 9.46 Å². The number of methoxy groups -OCH3 is 2. The normalized spacial score (nSPS) is 11.1. The van der Waals surface area contributed by atoms with Crippen molar-refractivity contribution in [1.82, 2.24) is 0 Å². The van der Waals surface area contributed by atoms with Crippen LogP contribution in [0.2, 0.25) is 0 Å². The Kier molecular flexibility index (Phi) is 7.02. The van der Waals surface area contributed by atoms with E-state index < -0.39 is 16.0 Å². The predicted molar refractivity (Wildman–Crippen MR) is 123 cm³/mol. The van der Waals surface area contributed by atoms with E-state index in [0.717, 1.165) is 5.56 Å². The van der Waals surface area contributed by atoms with E-state index in [0.29, 0.717) is 27.8 Å². The number of carbonyl (C=O) groups excluding carboxylic acids is 1. The molecular weight excluding hydrogens is 482 g/mol. The number of ether oxygens (including phenoxy) is 2. The maximum absolute atomic E-state index is 13.4. The predicted octanol–water partition coefficient (Wildman–Crippen LogP) is 4.94. The average molecular weight is 504 g/mol. The summed E-state index contributed by atoms with van der Waals surface area (Å²) in [5.74, 6) is -0.0821. The Balaban J connectivity index is 2.08. The van der Waals surface area contributed by atoms with Gasteiger partial charge in [0.2, 0.25) is 0 Å². The van der Waals surface area contributed by atoms with Crippen LogP contribution in [0.5, 0.6) is 5.75 Å². The second-order valence-electron chi connectivity index (χ2n) is 6.88. The fourth-order valence-corrected chi connectivity index (χ4v) is 5.18. The zero-order chi connectivity index (χ0) is 22.6. The largest absolute Gasteiger partial charge is 0.497 e. The molecule has 0 aliphatic rings. The summed E-state index contributed by atoms with van der Waals surface area (Å²) in [6, 6.07) is 17.6. The molecule has 0 heterocycles. The highest BCUT2D eigenvalue weighted by Gasteiger charge is 2.24. The van der Waals surface area contributed by atoms with Gasteiger partial charge in [0.05, 0.1) is 30.4 Å². The van der Waals surface area contributed by atoms with Crippen molar-refractivity contribution in [3.63, 3.8) is 0 Å². The number of aryl methyl sites for hydroxylation is 1. The molecule has 3 aromatic carbocycles. The summed E-state index contributed by atoms with van der Waals surface area (Å²) in [5, 5.41) is 0. The molecule has 3 rings (SSSR count). The van der Waals surface area contributed by atoms with E-state index in [4.69, 9.17) is 9.47 Å². The van der Waals surface area contributed by atoms with Crippen LogP contribution in [0.3, 0.4) is 0 Å². The zero-order valence-corrected chi connectivity index (χ0v) is 19.7. The molecule has 162 valence electrons. The van der Waals surface area contributed by atoms with Crippen molar-refractivity contribution in [1.29, 1.82) is 0 Å². The number of nitrogens with one attached hydrogen (secondary N) is 1. The molecular formula is C23H22BrNO5S. The summed E-state index contributed by atoms with van der Waals surface area (Å²) < 4.78 is 40.1. The Labute approximate surface area is 190 Å². The average Bonchev–Trinajstić information content (AvgIpc) is 2.75. The van der Waals surface area contributed by atoms with Gasteiger partial charge in [-0.25, -0.2) is 13.2 Å². The van der Waals surface area contributed by atoms with Gasteiger partial charge in [-0.3, -0.25) is 4.72 Å². The van der Waals surface area contributed by atoms with E-state index in [1.165, 1.54) is 26.4 Å². The summed E-state index contributed by atoms with van der Waals surface area (Å²) in [4.78, 5) is 12.4. The number of carbonyl (C=O) groups is 1. The minimum atomic E-state index is -4.02. The summed E-state index contributed by atoms with van der Waals surface area (Å²) in [5.41, 5.74) is 2.42. The highest BCUT2D eigenvalue weighted by molar-refractivity contribution is 9.10. The summed E-state index contributed by atoms with van der Waals surface area (Å²) in [6.07, 6.45) is 0.400. The van der Waals surface area contributed by atoms with Gasteiger partial charge in [-0.2, -0.15) is 0 Å². The van der Waals surface area contributed by atoms with Gasteiger partial charge in [-0.1, -0.05) is 46.3 Å². The summed E-state index contributed by atoms with van der Waals surface area (Å²) >= 11 is 3.33. The second-order valence-corrected chi connectivity index (χ2v) is 9.44. The van der Waals surface area contributed by atoms with Crippen LogP contribution in [0.15, 0.2) is 70.0 Å². The third-order valence-electron chi connectivity index (χ3n) is 4.74. The molecule has 0 unspecified atom stereocenters. The number of rotatable bonds is 7. The van der Waals surface area contributed by atoms with E-state index in [1.807, 2.05) is 30.3 Å². The molecule has 0 amide bonds. The van der Waals surface area contributed by atoms with Crippen molar-refractivity contribution in [2.75, 3.05) is 18.9 Å². The van der Waals surface area contributed by atoms with Gasteiger partial charge in [0.25, 0.3) is 10.0 Å². The lowest BCUT2D eigenvalue weighted by Gasteiger charge is -2.17. The van der Waals surface area contributed by atoms with Crippen molar-refractivity contribution in [3.8, 4) is 5.75 Å². The molecule has 0 aliphatic carbocycles. The Hall–Kier alpha value is -2.84. The van der Waals surface area contributed by atoms with Crippen LogP contribution in [-0.4, -0.2) is 28.6 Å². The molecule has 0 aromatic heterocycles. The summed E-state index contributed by atoms with van der Waals surface area (Å²) in [7, 11) is -1.24. The number of esters is 1. The first-order valence-corrected chi connectivity index (χ1v) is 11.6. The molecule has 0 bridgehead atoms. The fourth-order valence-electron chi connectivity index (χ4n) is 3.24. The van der Waals surface area contributed by atoms with Gasteiger partial charge in [0.1, 0.15) is 5.75 Å². The molecule has 0 atom stereocenters. The number of halogens is 1. The highest BCUT2D eigenvalue weighted by atomic mass is 79.9. The lowest BCUT2D eigenvalue weighted by molar-refractivity contribution is 0.0602. The van der Waals surface area contributed by atoms with Crippen molar-refractivity contribution >= 4 is 37.6 Å². The van der Waals surface area contributed by atoms with Crippen molar-refractivity contribution in [3.05, 3.63) is 87.4 Å². The minimum Gasteiger partial charge on any atom is -0.497 e. The Morgan fingerprint density at radius 2 is 1.74 bits per heavy atom. The molecule has 0 saturated heterocycles.